The van der Waals surface area contributed by atoms with Gasteiger partial charge in [-0.15, -0.1) is 0 Å². The van der Waals surface area contributed by atoms with E-state index < -0.39 is 0 Å². The zero-order valence-corrected chi connectivity index (χ0v) is 14.3. The van der Waals surface area contributed by atoms with E-state index in [1.807, 2.05) is 54.0 Å². The van der Waals surface area contributed by atoms with Crippen LogP contribution in [0, 0.1) is 13.8 Å². The Morgan fingerprint density at radius 1 is 0.958 bits per heavy atom. The quantitative estimate of drug-likeness (QED) is 0.627. The topological polar surface area (TPSA) is 31.2 Å². The van der Waals surface area contributed by atoms with Crippen molar-refractivity contribution < 1.29 is 4.74 Å². The molecule has 3 nitrogen and oxygen atoms in total. The molecule has 124 valence electrons. The molecule has 3 aromatic rings. The largest absolute Gasteiger partial charge is 0.494 e. The van der Waals surface area contributed by atoms with Gasteiger partial charge in [-0.05, 0) is 50.5 Å². The van der Waals surface area contributed by atoms with Crippen molar-refractivity contribution in [2.75, 3.05) is 6.61 Å². The highest BCUT2D eigenvalue weighted by molar-refractivity contribution is 5.82. The van der Waals surface area contributed by atoms with Crippen LogP contribution in [0.25, 0.3) is 10.9 Å². The molecule has 0 radical (unpaired) electrons. The van der Waals surface area contributed by atoms with Crippen LogP contribution in [0.15, 0.2) is 59.4 Å². The van der Waals surface area contributed by atoms with Crippen LogP contribution in [0.3, 0.4) is 0 Å². The highest BCUT2D eigenvalue weighted by Crippen LogP contribution is 2.16. The molecule has 0 unspecified atom stereocenters. The molecule has 0 atom stereocenters. The number of para-hydroxylation sites is 1. The normalized spacial score (nSPS) is 10.9. The van der Waals surface area contributed by atoms with Gasteiger partial charge in [0, 0.05) is 18.0 Å². The zero-order chi connectivity index (χ0) is 16.9. The summed E-state index contributed by atoms with van der Waals surface area (Å²) in [6.07, 6.45) is 1.83. The molecule has 1 heterocycles. The van der Waals surface area contributed by atoms with Crippen molar-refractivity contribution in [2.45, 2.75) is 33.2 Å². The Morgan fingerprint density at radius 2 is 1.71 bits per heavy atom. The van der Waals surface area contributed by atoms with E-state index in [0.717, 1.165) is 41.6 Å². The SMILES string of the molecule is Cc1ccc(OCCCCn2c(=O)cc(C)c3ccccc32)cc1. The first-order chi connectivity index (χ1) is 11.6. The molecule has 0 N–H and O–H groups in total. The number of unbranched alkanes of at least 4 members (excludes halogenated alkanes) is 1. The lowest BCUT2D eigenvalue weighted by molar-refractivity contribution is 0.303. The summed E-state index contributed by atoms with van der Waals surface area (Å²) < 4.78 is 7.62. The number of aromatic nitrogens is 1. The number of hydrogen-bond donors (Lipinski definition) is 0. The zero-order valence-electron chi connectivity index (χ0n) is 14.3. The molecule has 0 saturated carbocycles. The molecule has 3 heteroatoms. The summed E-state index contributed by atoms with van der Waals surface area (Å²) in [5.74, 6) is 0.901. The molecule has 0 aliphatic rings. The third-order valence-electron chi connectivity index (χ3n) is 4.29. The van der Waals surface area contributed by atoms with Gasteiger partial charge in [0.1, 0.15) is 5.75 Å². The molecule has 0 fully saturated rings. The second-order valence-electron chi connectivity index (χ2n) is 6.20. The second-order valence-corrected chi connectivity index (χ2v) is 6.20. The van der Waals surface area contributed by atoms with Crippen LogP contribution in [0.5, 0.6) is 5.75 Å². The predicted molar refractivity (Wildman–Crippen MR) is 98.9 cm³/mol. The summed E-state index contributed by atoms with van der Waals surface area (Å²) in [5, 5.41) is 1.15. The predicted octanol–water partition coefficient (Wildman–Crippen LogP) is 4.48. The third kappa shape index (κ3) is 3.67. The smallest absolute Gasteiger partial charge is 0.251 e. The number of hydrogen-bond acceptors (Lipinski definition) is 2. The molecule has 0 amide bonds. The van der Waals surface area contributed by atoms with Gasteiger partial charge >= 0.3 is 0 Å². The van der Waals surface area contributed by atoms with Gasteiger partial charge in [0.2, 0.25) is 0 Å². The van der Waals surface area contributed by atoms with Crippen LogP contribution < -0.4 is 10.3 Å². The van der Waals surface area contributed by atoms with Crippen LogP contribution >= 0.6 is 0 Å². The van der Waals surface area contributed by atoms with Crippen LogP contribution in [0.2, 0.25) is 0 Å². The highest BCUT2D eigenvalue weighted by atomic mass is 16.5. The first-order valence-electron chi connectivity index (χ1n) is 8.44. The van der Waals surface area contributed by atoms with Gasteiger partial charge in [0.25, 0.3) is 5.56 Å². The number of pyridine rings is 1. The Morgan fingerprint density at radius 3 is 2.50 bits per heavy atom. The number of benzene rings is 2. The Balaban J connectivity index is 1.60. The van der Waals surface area contributed by atoms with E-state index in [1.54, 1.807) is 6.07 Å². The van der Waals surface area contributed by atoms with Gasteiger partial charge in [0.15, 0.2) is 0 Å². The lowest BCUT2D eigenvalue weighted by Crippen LogP contribution is -2.20. The second kappa shape index (κ2) is 7.35. The van der Waals surface area contributed by atoms with Gasteiger partial charge in [-0.1, -0.05) is 35.9 Å². The van der Waals surface area contributed by atoms with Crippen LogP contribution in [0.4, 0.5) is 0 Å². The van der Waals surface area contributed by atoms with Gasteiger partial charge in [-0.3, -0.25) is 4.79 Å². The van der Waals surface area contributed by atoms with Crippen LogP contribution in [-0.2, 0) is 6.54 Å². The maximum Gasteiger partial charge on any atom is 0.251 e. The van der Waals surface area contributed by atoms with Gasteiger partial charge in [-0.2, -0.15) is 0 Å². The van der Waals surface area contributed by atoms with Gasteiger partial charge < -0.3 is 9.30 Å². The lowest BCUT2D eigenvalue weighted by atomic mass is 10.1. The summed E-state index contributed by atoms with van der Waals surface area (Å²) in [7, 11) is 0. The minimum Gasteiger partial charge on any atom is -0.494 e. The van der Waals surface area contributed by atoms with Crippen LogP contribution in [-0.4, -0.2) is 11.2 Å². The molecular weight excluding hydrogens is 298 g/mol. The summed E-state index contributed by atoms with van der Waals surface area (Å²) in [4.78, 5) is 12.3. The number of aryl methyl sites for hydroxylation is 3. The average Bonchev–Trinajstić information content (AvgIpc) is 2.59. The Bertz CT molecular complexity index is 878. The summed E-state index contributed by atoms with van der Waals surface area (Å²) in [5.41, 5.74) is 3.36. The minimum absolute atomic E-state index is 0.0747. The average molecular weight is 321 g/mol. The van der Waals surface area contributed by atoms with E-state index in [-0.39, 0.29) is 5.56 Å². The maximum absolute atomic E-state index is 12.3. The summed E-state index contributed by atoms with van der Waals surface area (Å²) in [6.45, 7) is 5.44. The van der Waals surface area contributed by atoms with Crippen molar-refractivity contribution in [3.8, 4) is 5.75 Å². The number of ether oxygens (including phenoxy) is 1. The number of rotatable bonds is 6. The third-order valence-corrected chi connectivity index (χ3v) is 4.29. The van der Waals surface area contributed by atoms with Crippen molar-refractivity contribution in [1.29, 1.82) is 0 Å². The molecule has 1 aromatic heterocycles. The minimum atomic E-state index is 0.0747. The summed E-state index contributed by atoms with van der Waals surface area (Å²) in [6, 6.07) is 17.9. The number of fused-ring (bicyclic) bond motifs is 1. The molecule has 0 spiro atoms. The molecule has 0 saturated heterocycles. The van der Waals surface area contributed by atoms with E-state index >= 15 is 0 Å². The fourth-order valence-electron chi connectivity index (χ4n) is 2.93. The first-order valence-corrected chi connectivity index (χ1v) is 8.44. The molecule has 3 rings (SSSR count). The van der Waals surface area contributed by atoms with E-state index in [4.69, 9.17) is 4.74 Å². The monoisotopic (exact) mass is 321 g/mol. The standard InChI is InChI=1S/C21H23NO2/c1-16-9-11-18(12-10-16)24-14-6-5-13-22-20-8-4-3-7-19(20)17(2)15-21(22)23/h3-4,7-12,15H,5-6,13-14H2,1-2H3. The van der Waals surface area contributed by atoms with E-state index in [9.17, 15) is 4.79 Å². The van der Waals surface area contributed by atoms with Crippen LogP contribution in [0.1, 0.15) is 24.0 Å². The van der Waals surface area contributed by atoms with Crippen molar-refractivity contribution in [3.05, 3.63) is 76.1 Å². The summed E-state index contributed by atoms with van der Waals surface area (Å²) >= 11 is 0. The van der Waals surface area contributed by atoms with Crippen molar-refractivity contribution in [3.63, 3.8) is 0 Å². The number of nitrogens with zero attached hydrogens (tertiary/aromatic N) is 1. The Kier molecular flexibility index (Phi) is 4.99. The molecule has 0 aliphatic heterocycles. The highest BCUT2D eigenvalue weighted by Gasteiger charge is 2.05. The van der Waals surface area contributed by atoms with E-state index in [0.29, 0.717) is 6.61 Å². The first kappa shape index (κ1) is 16.3. The van der Waals surface area contributed by atoms with Crippen molar-refractivity contribution in [1.82, 2.24) is 4.57 Å². The van der Waals surface area contributed by atoms with E-state index in [2.05, 4.69) is 13.0 Å². The molecular formula is C21H23NO2. The Labute approximate surface area is 142 Å². The molecule has 0 bridgehead atoms. The lowest BCUT2D eigenvalue weighted by Gasteiger charge is -2.12. The molecule has 2 aromatic carbocycles. The van der Waals surface area contributed by atoms with Crippen molar-refractivity contribution >= 4 is 10.9 Å². The van der Waals surface area contributed by atoms with Gasteiger partial charge in [-0.25, -0.2) is 0 Å². The fraction of sp³-hybridized carbons (Fsp3) is 0.286. The molecule has 24 heavy (non-hydrogen) atoms. The Hall–Kier alpha value is -2.55. The fourth-order valence-corrected chi connectivity index (χ4v) is 2.93. The van der Waals surface area contributed by atoms with E-state index in [1.165, 1.54) is 5.56 Å². The van der Waals surface area contributed by atoms with Crippen molar-refractivity contribution in [2.24, 2.45) is 0 Å². The van der Waals surface area contributed by atoms with Gasteiger partial charge in [0.05, 0.1) is 12.1 Å². The maximum atomic E-state index is 12.3. The molecule has 0 aliphatic carbocycles.